The molecule has 1 aliphatic heterocycles. The molecule has 0 N–H and O–H groups in total. The molecule has 0 aliphatic carbocycles. The summed E-state index contributed by atoms with van der Waals surface area (Å²) in [5.41, 5.74) is 1.49. The number of carbonyl (C=O) groups is 1. The van der Waals surface area contributed by atoms with E-state index in [0.29, 0.717) is 5.92 Å². The first-order valence-corrected chi connectivity index (χ1v) is 9.92. The van der Waals surface area contributed by atoms with Crippen LogP contribution < -0.4 is 0 Å². The number of amides is 1. The van der Waals surface area contributed by atoms with Crippen molar-refractivity contribution in [2.24, 2.45) is 5.92 Å². The Morgan fingerprint density at radius 2 is 2.24 bits per heavy atom. The number of ether oxygens (including phenoxy) is 1. The third-order valence-corrected chi connectivity index (χ3v) is 4.92. The van der Waals surface area contributed by atoms with Crippen LogP contribution in [0.3, 0.4) is 0 Å². The number of hydrogen-bond donors (Lipinski definition) is 0. The molecule has 1 unspecified atom stereocenters. The maximum atomic E-state index is 12.3. The highest BCUT2D eigenvalue weighted by atomic mass is 32.2. The third-order valence-electron chi connectivity index (χ3n) is 4.26. The van der Waals surface area contributed by atoms with E-state index in [1.807, 2.05) is 42.5 Å². The van der Waals surface area contributed by atoms with Crippen LogP contribution >= 0.6 is 11.8 Å². The van der Waals surface area contributed by atoms with E-state index in [-0.39, 0.29) is 6.09 Å². The van der Waals surface area contributed by atoms with Crippen LogP contribution in [0.4, 0.5) is 4.79 Å². The van der Waals surface area contributed by atoms with Gasteiger partial charge in [-0.25, -0.2) is 14.8 Å². The highest BCUT2D eigenvalue weighted by Crippen LogP contribution is 2.24. The molecule has 0 saturated carbocycles. The Morgan fingerprint density at radius 1 is 1.44 bits per heavy atom. The first-order chi connectivity index (χ1) is 11.9. The number of thioether (sulfide) groups is 1. The van der Waals surface area contributed by atoms with E-state index in [2.05, 4.69) is 11.2 Å². The maximum absolute atomic E-state index is 12.3. The van der Waals surface area contributed by atoms with Gasteiger partial charge < -0.3 is 14.0 Å². The molecular weight excluding hydrogens is 336 g/mol. The first-order valence-electron chi connectivity index (χ1n) is 8.70. The van der Waals surface area contributed by atoms with E-state index in [1.54, 1.807) is 18.0 Å². The SMILES string of the molecule is CSc1nc(CC2CCCN(C(=O)OC(C)(C)C)C2)cn2ccnc12. The Balaban J connectivity index is 1.69. The van der Waals surface area contributed by atoms with Crippen LogP contribution in [0.1, 0.15) is 39.3 Å². The van der Waals surface area contributed by atoms with E-state index in [0.717, 1.165) is 48.7 Å². The molecule has 0 bridgehead atoms. The van der Waals surface area contributed by atoms with Gasteiger partial charge in [-0.1, -0.05) is 0 Å². The number of aromatic nitrogens is 3. The third kappa shape index (κ3) is 4.45. The summed E-state index contributed by atoms with van der Waals surface area (Å²) in [6, 6.07) is 0. The zero-order valence-electron chi connectivity index (χ0n) is 15.4. The molecular formula is C18H26N4O2S. The van der Waals surface area contributed by atoms with Gasteiger partial charge in [0, 0.05) is 31.7 Å². The van der Waals surface area contributed by atoms with Crippen molar-refractivity contribution in [1.82, 2.24) is 19.3 Å². The van der Waals surface area contributed by atoms with Crippen LogP contribution in [0.2, 0.25) is 0 Å². The summed E-state index contributed by atoms with van der Waals surface area (Å²) in [4.78, 5) is 23.3. The van der Waals surface area contributed by atoms with Crippen molar-refractivity contribution in [2.75, 3.05) is 19.3 Å². The Bertz CT molecular complexity index is 753. The molecule has 1 atom stereocenters. The number of rotatable bonds is 3. The minimum absolute atomic E-state index is 0.208. The quantitative estimate of drug-likeness (QED) is 0.780. The first kappa shape index (κ1) is 18.0. The Hall–Kier alpha value is -1.76. The Labute approximate surface area is 153 Å². The second kappa shape index (κ2) is 7.23. The Morgan fingerprint density at radius 3 is 2.96 bits per heavy atom. The molecule has 0 radical (unpaired) electrons. The van der Waals surface area contributed by atoms with Crippen LogP contribution in [-0.2, 0) is 11.2 Å². The second-order valence-electron chi connectivity index (χ2n) is 7.54. The van der Waals surface area contributed by atoms with Crippen molar-refractivity contribution in [2.45, 2.75) is 50.7 Å². The molecule has 3 heterocycles. The zero-order valence-corrected chi connectivity index (χ0v) is 16.2. The lowest BCUT2D eigenvalue weighted by molar-refractivity contribution is 0.0165. The molecule has 0 aromatic carbocycles. The van der Waals surface area contributed by atoms with Crippen LogP contribution in [0.5, 0.6) is 0 Å². The molecule has 2 aromatic heterocycles. The van der Waals surface area contributed by atoms with E-state index < -0.39 is 5.60 Å². The number of nitrogens with zero attached hydrogens (tertiary/aromatic N) is 4. The molecule has 3 rings (SSSR count). The molecule has 7 heteroatoms. The Kier molecular flexibility index (Phi) is 5.22. The fraction of sp³-hybridized carbons (Fsp3) is 0.611. The lowest BCUT2D eigenvalue weighted by Crippen LogP contribution is -2.43. The van der Waals surface area contributed by atoms with Crippen LogP contribution in [0.25, 0.3) is 5.65 Å². The number of piperidine rings is 1. The van der Waals surface area contributed by atoms with Crippen LogP contribution in [0.15, 0.2) is 23.6 Å². The molecule has 25 heavy (non-hydrogen) atoms. The molecule has 1 fully saturated rings. The maximum Gasteiger partial charge on any atom is 0.410 e. The van der Waals surface area contributed by atoms with Gasteiger partial charge in [-0.3, -0.25) is 0 Å². The van der Waals surface area contributed by atoms with E-state index >= 15 is 0 Å². The largest absolute Gasteiger partial charge is 0.444 e. The molecule has 1 aliphatic rings. The topological polar surface area (TPSA) is 59.7 Å². The fourth-order valence-electron chi connectivity index (χ4n) is 3.21. The van der Waals surface area contributed by atoms with Gasteiger partial charge in [-0.2, -0.15) is 0 Å². The summed E-state index contributed by atoms with van der Waals surface area (Å²) in [5.74, 6) is 0.407. The molecule has 0 spiro atoms. The normalized spacial score (nSPS) is 18.6. The van der Waals surface area contributed by atoms with Gasteiger partial charge in [0.1, 0.15) is 10.6 Å². The standard InChI is InChI=1S/C18H26N4O2S/c1-18(2,3)24-17(23)22-8-5-6-13(11-22)10-14-12-21-9-7-19-15(21)16(20-14)25-4/h7,9,12-13H,5-6,8,10-11H2,1-4H3. The minimum atomic E-state index is -0.453. The highest BCUT2D eigenvalue weighted by molar-refractivity contribution is 7.98. The van der Waals surface area contributed by atoms with Crippen molar-refractivity contribution >= 4 is 23.5 Å². The number of likely N-dealkylation sites (tertiary alicyclic amines) is 1. The van der Waals surface area contributed by atoms with Gasteiger partial charge in [-0.05, 0) is 52.2 Å². The number of hydrogen-bond acceptors (Lipinski definition) is 5. The molecule has 2 aromatic rings. The predicted molar refractivity (Wildman–Crippen MR) is 99.0 cm³/mol. The summed E-state index contributed by atoms with van der Waals surface area (Å²) in [5, 5.41) is 0.947. The van der Waals surface area contributed by atoms with E-state index in [1.165, 1.54) is 0 Å². The van der Waals surface area contributed by atoms with Gasteiger partial charge in [-0.15, -0.1) is 11.8 Å². The average Bonchev–Trinajstić information content (AvgIpc) is 3.01. The molecule has 1 amide bonds. The predicted octanol–water partition coefficient (Wildman–Crippen LogP) is 3.64. The summed E-state index contributed by atoms with van der Waals surface area (Å²) >= 11 is 1.61. The summed E-state index contributed by atoms with van der Waals surface area (Å²) in [7, 11) is 0. The van der Waals surface area contributed by atoms with Crippen molar-refractivity contribution in [3.05, 3.63) is 24.3 Å². The van der Waals surface area contributed by atoms with Crippen LogP contribution in [0, 0.1) is 5.92 Å². The van der Waals surface area contributed by atoms with Gasteiger partial charge in [0.15, 0.2) is 5.65 Å². The van der Waals surface area contributed by atoms with Gasteiger partial charge in [0.05, 0.1) is 5.69 Å². The van der Waals surface area contributed by atoms with E-state index in [9.17, 15) is 4.79 Å². The highest BCUT2D eigenvalue weighted by Gasteiger charge is 2.28. The smallest absolute Gasteiger partial charge is 0.410 e. The van der Waals surface area contributed by atoms with Crippen molar-refractivity contribution in [1.29, 1.82) is 0 Å². The van der Waals surface area contributed by atoms with Gasteiger partial charge >= 0.3 is 6.09 Å². The van der Waals surface area contributed by atoms with Crippen LogP contribution in [-0.4, -0.2) is 50.3 Å². The summed E-state index contributed by atoms with van der Waals surface area (Å²) in [6.45, 7) is 7.21. The van der Waals surface area contributed by atoms with Crippen molar-refractivity contribution in [3.8, 4) is 0 Å². The lowest BCUT2D eigenvalue weighted by atomic mass is 9.94. The monoisotopic (exact) mass is 362 g/mol. The number of imidazole rings is 1. The molecule has 136 valence electrons. The number of carbonyl (C=O) groups excluding carboxylic acids is 1. The summed E-state index contributed by atoms with van der Waals surface area (Å²) in [6.07, 6.45) is 10.6. The molecule has 1 saturated heterocycles. The van der Waals surface area contributed by atoms with Gasteiger partial charge in [0.2, 0.25) is 0 Å². The second-order valence-corrected chi connectivity index (χ2v) is 8.33. The minimum Gasteiger partial charge on any atom is -0.444 e. The molecule has 6 nitrogen and oxygen atoms in total. The van der Waals surface area contributed by atoms with Crippen molar-refractivity contribution < 1.29 is 9.53 Å². The number of fused-ring (bicyclic) bond motifs is 1. The van der Waals surface area contributed by atoms with Crippen molar-refractivity contribution in [3.63, 3.8) is 0 Å². The fourth-order valence-corrected chi connectivity index (χ4v) is 3.76. The summed E-state index contributed by atoms with van der Waals surface area (Å²) < 4.78 is 7.55. The lowest BCUT2D eigenvalue weighted by Gasteiger charge is -2.34. The zero-order chi connectivity index (χ0) is 18.0. The average molecular weight is 362 g/mol. The van der Waals surface area contributed by atoms with E-state index in [4.69, 9.17) is 9.72 Å². The van der Waals surface area contributed by atoms with Gasteiger partial charge in [0.25, 0.3) is 0 Å².